The molecular weight excluding hydrogens is 408 g/mol. The molecule has 6 heteroatoms. The number of halogens is 2. The number of aliphatic imine (C=N–C) groups is 1. The molecule has 1 fully saturated rings. The van der Waals surface area contributed by atoms with Gasteiger partial charge in [0.15, 0.2) is 5.96 Å². The quantitative estimate of drug-likeness (QED) is 0.424. The molecule has 1 heterocycles. The number of nitrogens with zero attached hydrogens (tertiary/aromatic N) is 2. The van der Waals surface area contributed by atoms with E-state index in [0.29, 0.717) is 12.5 Å². The van der Waals surface area contributed by atoms with E-state index in [9.17, 15) is 4.39 Å². The van der Waals surface area contributed by atoms with Gasteiger partial charge in [-0.2, -0.15) is 0 Å². The van der Waals surface area contributed by atoms with Crippen molar-refractivity contribution in [2.45, 2.75) is 19.8 Å². The fourth-order valence-electron chi connectivity index (χ4n) is 2.81. The highest BCUT2D eigenvalue weighted by molar-refractivity contribution is 14.0. The molecule has 0 radical (unpaired) electrons. The van der Waals surface area contributed by atoms with Gasteiger partial charge in [-0.1, -0.05) is 12.1 Å². The summed E-state index contributed by atoms with van der Waals surface area (Å²) >= 11 is 0. The molecule has 130 valence electrons. The average molecular weight is 435 g/mol. The van der Waals surface area contributed by atoms with Crippen molar-refractivity contribution in [2.24, 2.45) is 10.9 Å². The van der Waals surface area contributed by atoms with Gasteiger partial charge in [-0.05, 0) is 37.5 Å². The summed E-state index contributed by atoms with van der Waals surface area (Å²) in [5.41, 5.74) is 0.985. The minimum Gasteiger partial charge on any atom is -0.384 e. The molecule has 1 unspecified atom stereocenters. The van der Waals surface area contributed by atoms with Crippen molar-refractivity contribution in [3.05, 3.63) is 35.6 Å². The summed E-state index contributed by atoms with van der Waals surface area (Å²) in [7, 11) is 1.75. The number of guanidine groups is 1. The fourth-order valence-corrected chi connectivity index (χ4v) is 2.81. The molecule has 1 atom stereocenters. The third-order valence-electron chi connectivity index (χ3n) is 3.87. The van der Waals surface area contributed by atoms with E-state index in [1.54, 1.807) is 19.2 Å². The van der Waals surface area contributed by atoms with E-state index in [1.807, 2.05) is 6.07 Å². The van der Waals surface area contributed by atoms with E-state index in [-0.39, 0.29) is 29.8 Å². The van der Waals surface area contributed by atoms with Crippen LogP contribution < -0.4 is 5.32 Å². The lowest BCUT2D eigenvalue weighted by Gasteiger charge is -2.21. The third-order valence-corrected chi connectivity index (χ3v) is 3.87. The van der Waals surface area contributed by atoms with Gasteiger partial charge in [0.05, 0.1) is 6.61 Å². The van der Waals surface area contributed by atoms with E-state index in [0.717, 1.165) is 50.6 Å². The Morgan fingerprint density at radius 2 is 2.30 bits per heavy atom. The number of likely N-dealkylation sites (tertiary alicyclic amines) is 1. The Hall–Kier alpha value is -0.890. The number of benzene rings is 1. The summed E-state index contributed by atoms with van der Waals surface area (Å²) in [6.07, 6.45) is 1.89. The zero-order valence-electron chi connectivity index (χ0n) is 13.9. The van der Waals surface area contributed by atoms with Crippen LogP contribution in [0.15, 0.2) is 29.3 Å². The molecule has 0 spiro atoms. The van der Waals surface area contributed by atoms with Crippen molar-refractivity contribution in [1.29, 1.82) is 0 Å². The number of rotatable bonds is 6. The molecule has 1 N–H and O–H groups in total. The van der Waals surface area contributed by atoms with Gasteiger partial charge < -0.3 is 15.0 Å². The van der Waals surface area contributed by atoms with Gasteiger partial charge in [0.2, 0.25) is 0 Å². The Balaban J connectivity index is 0.00000264. The first-order valence-corrected chi connectivity index (χ1v) is 7.99. The van der Waals surface area contributed by atoms with Crippen molar-refractivity contribution in [3.63, 3.8) is 0 Å². The van der Waals surface area contributed by atoms with Gasteiger partial charge in [-0.25, -0.2) is 4.39 Å². The SMILES string of the molecule is CCNC(=NCCc1cccc(F)c1)N1CCC(COC)C1.I. The number of hydrogen-bond acceptors (Lipinski definition) is 2. The van der Waals surface area contributed by atoms with Crippen LogP contribution in [0.5, 0.6) is 0 Å². The van der Waals surface area contributed by atoms with Crippen LogP contribution >= 0.6 is 24.0 Å². The van der Waals surface area contributed by atoms with Crippen molar-refractivity contribution < 1.29 is 9.13 Å². The molecule has 2 rings (SSSR count). The lowest BCUT2D eigenvalue weighted by Crippen LogP contribution is -2.40. The predicted molar refractivity (Wildman–Crippen MR) is 103 cm³/mol. The monoisotopic (exact) mass is 435 g/mol. The summed E-state index contributed by atoms with van der Waals surface area (Å²) in [4.78, 5) is 6.97. The molecule has 0 aromatic heterocycles. The Morgan fingerprint density at radius 3 is 3.00 bits per heavy atom. The summed E-state index contributed by atoms with van der Waals surface area (Å²) in [5.74, 6) is 1.35. The lowest BCUT2D eigenvalue weighted by atomic mass is 10.1. The van der Waals surface area contributed by atoms with Crippen LogP contribution in [0.2, 0.25) is 0 Å². The largest absolute Gasteiger partial charge is 0.384 e. The van der Waals surface area contributed by atoms with Crippen molar-refractivity contribution in [1.82, 2.24) is 10.2 Å². The topological polar surface area (TPSA) is 36.9 Å². The maximum Gasteiger partial charge on any atom is 0.193 e. The number of hydrogen-bond donors (Lipinski definition) is 1. The normalized spacial score (nSPS) is 18.0. The van der Waals surface area contributed by atoms with Gasteiger partial charge in [0.25, 0.3) is 0 Å². The third kappa shape index (κ3) is 6.63. The average Bonchev–Trinajstić information content (AvgIpc) is 2.95. The van der Waals surface area contributed by atoms with Crippen molar-refractivity contribution >= 4 is 29.9 Å². The molecule has 0 aliphatic carbocycles. The van der Waals surface area contributed by atoms with E-state index in [4.69, 9.17) is 4.74 Å². The highest BCUT2D eigenvalue weighted by Gasteiger charge is 2.24. The Morgan fingerprint density at radius 1 is 1.48 bits per heavy atom. The second-order valence-corrected chi connectivity index (χ2v) is 5.67. The minimum absolute atomic E-state index is 0. The van der Waals surface area contributed by atoms with Gasteiger partial charge >= 0.3 is 0 Å². The first-order valence-electron chi connectivity index (χ1n) is 7.99. The molecule has 0 amide bonds. The summed E-state index contributed by atoms with van der Waals surface area (Å²) < 4.78 is 18.4. The molecule has 1 aromatic carbocycles. The van der Waals surface area contributed by atoms with Gasteiger partial charge in [0, 0.05) is 39.2 Å². The maximum atomic E-state index is 13.2. The van der Waals surface area contributed by atoms with Crippen LogP contribution in [0.25, 0.3) is 0 Å². The van der Waals surface area contributed by atoms with Crippen LogP contribution in [0.1, 0.15) is 18.9 Å². The predicted octanol–water partition coefficient (Wildman–Crippen LogP) is 2.92. The van der Waals surface area contributed by atoms with Crippen molar-refractivity contribution in [3.8, 4) is 0 Å². The van der Waals surface area contributed by atoms with Crippen molar-refractivity contribution in [2.75, 3.05) is 39.9 Å². The summed E-state index contributed by atoms with van der Waals surface area (Å²) in [6, 6.07) is 6.73. The second-order valence-electron chi connectivity index (χ2n) is 5.67. The van der Waals surface area contributed by atoms with E-state index < -0.39 is 0 Å². The Bertz CT molecular complexity index is 498. The smallest absolute Gasteiger partial charge is 0.193 e. The first kappa shape index (κ1) is 20.2. The number of methoxy groups -OCH3 is 1. The number of nitrogens with one attached hydrogen (secondary N) is 1. The summed E-state index contributed by atoms with van der Waals surface area (Å²) in [6.45, 7) is 6.39. The molecule has 0 bridgehead atoms. The molecule has 1 aromatic rings. The van der Waals surface area contributed by atoms with Gasteiger partial charge in [-0.15, -0.1) is 24.0 Å². The molecule has 1 aliphatic rings. The van der Waals surface area contributed by atoms with E-state index in [1.165, 1.54) is 6.07 Å². The van der Waals surface area contributed by atoms with Crippen LogP contribution in [-0.4, -0.2) is 50.8 Å². The molecule has 0 saturated carbocycles. The molecular formula is C17H27FIN3O. The lowest BCUT2D eigenvalue weighted by molar-refractivity contribution is 0.157. The zero-order valence-corrected chi connectivity index (χ0v) is 16.3. The van der Waals surface area contributed by atoms with Crippen LogP contribution in [0.3, 0.4) is 0 Å². The molecule has 23 heavy (non-hydrogen) atoms. The van der Waals surface area contributed by atoms with Crippen LogP contribution in [-0.2, 0) is 11.2 Å². The van der Waals surface area contributed by atoms with E-state index in [2.05, 4.69) is 22.1 Å². The standard InChI is InChI=1S/C17H26FN3O.HI/c1-3-19-17(21-10-8-15(12-21)13-22-2)20-9-7-14-5-4-6-16(18)11-14;/h4-6,11,15H,3,7-10,12-13H2,1-2H3,(H,19,20);1H. The minimum atomic E-state index is -0.185. The second kappa shape index (κ2) is 10.8. The Kier molecular flexibility index (Phi) is 9.47. The Labute approximate surface area is 155 Å². The van der Waals surface area contributed by atoms with Gasteiger partial charge in [0.1, 0.15) is 5.82 Å². The highest BCUT2D eigenvalue weighted by atomic mass is 127. The van der Waals surface area contributed by atoms with Crippen LogP contribution in [0.4, 0.5) is 4.39 Å². The highest BCUT2D eigenvalue weighted by Crippen LogP contribution is 2.16. The molecule has 4 nitrogen and oxygen atoms in total. The molecule has 1 aliphatic heterocycles. The summed E-state index contributed by atoms with van der Waals surface area (Å²) in [5, 5.41) is 3.35. The number of ether oxygens (including phenoxy) is 1. The fraction of sp³-hybridized carbons (Fsp3) is 0.588. The van der Waals surface area contributed by atoms with Gasteiger partial charge in [-0.3, -0.25) is 4.99 Å². The zero-order chi connectivity index (χ0) is 15.8. The molecule has 1 saturated heterocycles. The first-order chi connectivity index (χ1) is 10.7. The maximum absolute atomic E-state index is 13.2. The van der Waals surface area contributed by atoms with E-state index >= 15 is 0 Å². The van der Waals surface area contributed by atoms with Crippen LogP contribution in [0, 0.1) is 11.7 Å².